The van der Waals surface area contributed by atoms with Gasteiger partial charge in [-0.25, -0.2) is 4.79 Å². The summed E-state index contributed by atoms with van der Waals surface area (Å²) < 4.78 is 86.1. The minimum absolute atomic E-state index is 0.0218. The summed E-state index contributed by atoms with van der Waals surface area (Å²) in [6.07, 6.45) is -23.7. The zero-order chi connectivity index (χ0) is 65.2. The van der Waals surface area contributed by atoms with Crippen molar-refractivity contribution in [1.82, 2.24) is 0 Å². The fraction of sp³-hybridized carbons (Fsp3) is 0.841. The number of esters is 1. The highest BCUT2D eigenvalue weighted by Gasteiger charge is 2.82. The van der Waals surface area contributed by atoms with Gasteiger partial charge in [-0.15, -0.1) is 0 Å². The number of ether oxygens (including phenoxy) is 14. The van der Waals surface area contributed by atoms with E-state index in [1.807, 2.05) is 37.3 Å². The van der Waals surface area contributed by atoms with Crippen molar-refractivity contribution in [2.24, 2.45) is 22.7 Å². The third kappa shape index (κ3) is 12.4. The van der Waals surface area contributed by atoms with Crippen LogP contribution < -0.4 is 0 Å². The summed E-state index contributed by atoms with van der Waals surface area (Å²) in [6, 6.07) is 9.23. The summed E-state index contributed by atoms with van der Waals surface area (Å²) in [7, 11) is 4.42. The molecule has 0 amide bonds. The number of hydrogen-bond donors (Lipinski definition) is 11. The largest absolute Gasteiger partial charge is 0.458 e. The molecule has 10 rings (SSSR count). The van der Waals surface area contributed by atoms with E-state index in [4.69, 9.17) is 66.3 Å². The predicted molar refractivity (Wildman–Crippen MR) is 308 cm³/mol. The van der Waals surface area contributed by atoms with Gasteiger partial charge < -0.3 is 122 Å². The Labute approximate surface area is 523 Å². The molecule has 9 aliphatic rings. The molecule has 4 saturated carbocycles. The number of methoxy groups -OCH3 is 3. The van der Waals surface area contributed by atoms with E-state index in [0.717, 1.165) is 5.56 Å². The maximum atomic E-state index is 13.7. The maximum absolute atomic E-state index is 13.7. The summed E-state index contributed by atoms with van der Waals surface area (Å²) in [5.74, 6) is -1.79. The Bertz CT molecular complexity index is 2600. The van der Waals surface area contributed by atoms with Gasteiger partial charge in [-0.05, 0) is 115 Å². The quantitative estimate of drug-likeness (QED) is 0.0468. The second kappa shape index (κ2) is 27.7. The highest BCUT2D eigenvalue weighted by Crippen LogP contribution is 2.72. The fourth-order valence-electron chi connectivity index (χ4n) is 16.9. The number of fused-ring (bicyclic) bond motifs is 5. The monoisotopic (exact) mass is 1280 g/mol. The van der Waals surface area contributed by atoms with Crippen molar-refractivity contribution in [1.29, 1.82) is 0 Å². The van der Waals surface area contributed by atoms with Gasteiger partial charge in [-0.1, -0.05) is 37.3 Å². The van der Waals surface area contributed by atoms with Gasteiger partial charge in [-0.2, -0.15) is 0 Å². The number of rotatable bonds is 19. The van der Waals surface area contributed by atoms with Gasteiger partial charge in [0.15, 0.2) is 37.2 Å². The van der Waals surface area contributed by atoms with Crippen LogP contribution in [0.3, 0.4) is 0 Å². The molecule has 0 radical (unpaired) electrons. The number of ketones is 1. The Kier molecular flexibility index (Phi) is 21.5. The molecule has 5 saturated heterocycles. The topological polar surface area (TPSA) is 386 Å². The second-order valence-electron chi connectivity index (χ2n) is 26.9. The molecule has 510 valence electrons. The lowest BCUT2D eigenvalue weighted by Gasteiger charge is -2.69. The van der Waals surface area contributed by atoms with Gasteiger partial charge in [0, 0.05) is 40.2 Å². The van der Waals surface area contributed by atoms with Crippen LogP contribution in [0.25, 0.3) is 6.08 Å². The van der Waals surface area contributed by atoms with E-state index in [9.17, 15) is 65.8 Å². The van der Waals surface area contributed by atoms with Crippen molar-refractivity contribution in [2.45, 2.75) is 276 Å². The Morgan fingerprint density at radius 1 is 0.578 bits per heavy atom. The molecule has 4 aliphatic carbocycles. The molecule has 5 heterocycles. The smallest absolute Gasteiger partial charge is 0.331 e. The van der Waals surface area contributed by atoms with E-state index in [1.165, 1.54) is 27.2 Å². The van der Waals surface area contributed by atoms with Crippen LogP contribution in [0.2, 0.25) is 0 Å². The maximum Gasteiger partial charge on any atom is 0.331 e. The standard InChI is InChI=1S/C63H96O27/c1-29-51(87-44-25-37(78-8)52(30(2)81-44)88-58-50(73)55(79-9)53(31(3)82-58)89-57-49(72)47(70)54(39(28-65)85-57)90-56-48(71)46(69)45(68)38(27-64)84-56)36(77-7)24-43(80-29)83-35-18-19-59(5)34(23-35)17-20-62(75)40(59)26-41(86-42(67)16-15-33-13-11-10-12-14-33)60(6)61(74,32(4)66)21-22-63(60,62)76/h10-16,29-31,34-41,43-58,64-65,68-76H,17-28H2,1-9H3/t29-,30-,31-,34+,35+,36+,37-,38-,39-,40-,41-,43+,44+,45-,46+,47-,48-,49-,50-,51-,52-,53-,54-,55-,56+,57+,58+,59+,60-,61-,62+,63-/m1/s1. The lowest BCUT2D eigenvalue weighted by atomic mass is 9.40. The van der Waals surface area contributed by atoms with Gasteiger partial charge in [0.2, 0.25) is 0 Å². The first-order valence-electron chi connectivity index (χ1n) is 31.7. The fourth-order valence-corrected chi connectivity index (χ4v) is 16.9. The summed E-state index contributed by atoms with van der Waals surface area (Å²) in [5.41, 5.74) is -7.24. The average molecular weight is 1290 g/mol. The molecule has 5 aliphatic heterocycles. The van der Waals surface area contributed by atoms with Crippen LogP contribution in [0, 0.1) is 22.7 Å². The Hall–Kier alpha value is -2.86. The number of aliphatic hydroxyl groups is 11. The summed E-state index contributed by atoms with van der Waals surface area (Å²) in [6.45, 7) is 8.68. The summed E-state index contributed by atoms with van der Waals surface area (Å²) >= 11 is 0. The molecule has 0 unspecified atom stereocenters. The van der Waals surface area contributed by atoms with Crippen LogP contribution in [0.4, 0.5) is 0 Å². The zero-order valence-electron chi connectivity index (χ0n) is 52.6. The van der Waals surface area contributed by atoms with Crippen molar-refractivity contribution in [2.75, 3.05) is 34.5 Å². The van der Waals surface area contributed by atoms with Crippen molar-refractivity contribution >= 4 is 17.8 Å². The minimum atomic E-state index is -2.06. The molecule has 1 aromatic rings. The van der Waals surface area contributed by atoms with E-state index in [1.54, 1.807) is 34.0 Å². The second-order valence-corrected chi connectivity index (χ2v) is 26.9. The van der Waals surface area contributed by atoms with E-state index in [-0.39, 0.29) is 44.1 Å². The van der Waals surface area contributed by atoms with Crippen molar-refractivity contribution < 1.29 is 132 Å². The molecule has 0 spiro atoms. The van der Waals surface area contributed by atoms with Gasteiger partial charge >= 0.3 is 5.97 Å². The van der Waals surface area contributed by atoms with E-state index < -0.39 is 206 Å². The highest BCUT2D eigenvalue weighted by atomic mass is 16.8. The molecule has 1 aromatic carbocycles. The van der Waals surface area contributed by atoms with Crippen LogP contribution in [0.15, 0.2) is 36.4 Å². The van der Waals surface area contributed by atoms with Crippen LogP contribution in [-0.2, 0) is 75.9 Å². The number of benzene rings is 1. The number of Topliss-reactive ketones (excluding diaryl/α,β-unsaturated/α-hetero) is 1. The van der Waals surface area contributed by atoms with Gasteiger partial charge in [0.1, 0.15) is 96.7 Å². The van der Waals surface area contributed by atoms with Gasteiger partial charge in [0.25, 0.3) is 0 Å². The molecular weight excluding hydrogens is 1190 g/mol. The molecule has 11 N–H and O–H groups in total. The SMILES string of the molecule is CO[C@@H]1[C@@H](O)[C@H](O[C@@H]2[C@@H](C)O[C@@H](O[C@H]3[C@@H](OC)C[C@H](O[C@H]4CC[C@@]5(C)[C@@H](CC[C@]6(O)[C@@H]5C[C@@H](OC(=O)C=Cc5ccccc5)[C@@]5(C)[C@]6(O)CC[C@@]5(O)C(C)=O)C4)O[C@@H]3C)C[C@H]2OC)O[C@H](C)[C@H]1O[C@@H]1O[C@H](CO)[C@@H](O[C@@H]2O[C@H](CO)[C@@H](O)[C@H](O)[C@H]2O)[C@H](O)[C@H]1O. The first-order valence-corrected chi connectivity index (χ1v) is 31.7. The highest BCUT2D eigenvalue weighted by molar-refractivity contribution is 5.88. The number of aliphatic hydroxyl groups excluding tert-OH is 8. The molecule has 90 heavy (non-hydrogen) atoms. The Morgan fingerprint density at radius 3 is 1.76 bits per heavy atom. The molecule has 32 atom stereocenters. The molecular formula is C63H96O27. The predicted octanol–water partition coefficient (Wildman–Crippen LogP) is -0.600. The van der Waals surface area contributed by atoms with Crippen molar-refractivity contribution in [3.05, 3.63) is 42.0 Å². The summed E-state index contributed by atoms with van der Waals surface area (Å²) in [5, 5.41) is 123. The molecule has 0 bridgehead atoms. The number of carbonyl (C=O) groups excluding carboxylic acids is 2. The van der Waals surface area contributed by atoms with E-state index in [0.29, 0.717) is 32.1 Å². The Morgan fingerprint density at radius 2 is 1.14 bits per heavy atom. The third-order valence-corrected chi connectivity index (χ3v) is 22.2. The number of hydrogen-bond acceptors (Lipinski definition) is 27. The first-order chi connectivity index (χ1) is 42.6. The third-order valence-electron chi connectivity index (χ3n) is 22.2. The summed E-state index contributed by atoms with van der Waals surface area (Å²) in [4.78, 5) is 27.1. The molecule has 27 heteroatoms. The van der Waals surface area contributed by atoms with Crippen LogP contribution in [0.5, 0.6) is 0 Å². The van der Waals surface area contributed by atoms with Crippen LogP contribution in [0.1, 0.15) is 111 Å². The first kappa shape index (κ1) is 70.0. The average Bonchev–Trinajstić information content (AvgIpc) is 1.33. The zero-order valence-corrected chi connectivity index (χ0v) is 52.6. The minimum Gasteiger partial charge on any atom is -0.458 e. The van der Waals surface area contributed by atoms with E-state index >= 15 is 0 Å². The molecule has 27 nitrogen and oxygen atoms in total. The van der Waals surface area contributed by atoms with E-state index in [2.05, 4.69) is 6.92 Å². The lowest BCUT2D eigenvalue weighted by molar-refractivity contribution is -0.385. The van der Waals surface area contributed by atoms with Gasteiger partial charge in [0.05, 0.1) is 60.9 Å². The molecule has 9 fully saturated rings. The number of carbonyl (C=O) groups is 2. The van der Waals surface area contributed by atoms with Crippen molar-refractivity contribution in [3.63, 3.8) is 0 Å². The van der Waals surface area contributed by atoms with Crippen molar-refractivity contribution in [3.8, 4) is 0 Å². The lowest BCUT2D eigenvalue weighted by Crippen LogP contribution is -2.79. The Balaban J connectivity index is 0.730. The molecule has 0 aromatic heterocycles. The normalized spacial score (nSPS) is 50.6. The van der Waals surface area contributed by atoms with Crippen LogP contribution >= 0.6 is 0 Å². The van der Waals surface area contributed by atoms with Crippen LogP contribution in [-0.4, -0.2) is 273 Å². The van der Waals surface area contributed by atoms with Gasteiger partial charge in [-0.3, -0.25) is 4.79 Å².